The van der Waals surface area contributed by atoms with Gasteiger partial charge in [0.1, 0.15) is 0 Å². The van der Waals surface area contributed by atoms with Gasteiger partial charge in [-0.25, -0.2) is 0 Å². The number of hydrogen-bond acceptors (Lipinski definition) is 2. The maximum atomic E-state index is 5.38. The highest BCUT2D eigenvalue weighted by atomic mass is 16.5. The van der Waals surface area contributed by atoms with Gasteiger partial charge in [0.2, 0.25) is 0 Å². The van der Waals surface area contributed by atoms with Crippen LogP contribution in [0.3, 0.4) is 0 Å². The molecule has 1 rings (SSSR count). The minimum atomic E-state index is 0.666. The van der Waals surface area contributed by atoms with Gasteiger partial charge >= 0.3 is 0 Å². The predicted octanol–water partition coefficient (Wildman–Crippen LogP) is 4.45. The fourth-order valence-electron chi connectivity index (χ4n) is 1.16. The second-order valence-electron chi connectivity index (χ2n) is 2.54. The molecule has 94 valence electrons. The lowest BCUT2D eigenvalue weighted by Crippen LogP contribution is -1.96. The molecule has 0 bridgehead atoms. The van der Waals surface area contributed by atoms with Gasteiger partial charge < -0.3 is 9.47 Å². The van der Waals surface area contributed by atoms with E-state index in [0.717, 1.165) is 17.1 Å². The van der Waals surface area contributed by atoms with Gasteiger partial charge in [0.05, 0.1) is 13.7 Å². The third-order valence-electron chi connectivity index (χ3n) is 1.68. The predicted molar refractivity (Wildman–Crippen MR) is 71.6 cm³/mol. The number of benzene rings is 1. The molecule has 0 aliphatic heterocycles. The molecule has 0 unspecified atom stereocenters. The zero-order valence-electron chi connectivity index (χ0n) is 11.8. The Hall–Kier alpha value is -1.18. The Labute approximate surface area is 101 Å². The molecule has 2 nitrogen and oxygen atoms in total. The highest BCUT2D eigenvalue weighted by molar-refractivity contribution is 5.45. The Morgan fingerprint density at radius 2 is 1.62 bits per heavy atom. The van der Waals surface area contributed by atoms with Gasteiger partial charge in [-0.15, -0.1) is 0 Å². The van der Waals surface area contributed by atoms with Gasteiger partial charge in [-0.2, -0.15) is 0 Å². The number of ether oxygens (including phenoxy) is 2. The average Bonchev–Trinajstić information content (AvgIpc) is 2.35. The van der Waals surface area contributed by atoms with Gasteiger partial charge in [0, 0.05) is 0 Å². The molecule has 0 spiro atoms. The van der Waals surface area contributed by atoms with Crippen molar-refractivity contribution in [3.05, 3.63) is 23.8 Å². The van der Waals surface area contributed by atoms with Crippen molar-refractivity contribution in [2.45, 2.75) is 41.5 Å². The lowest BCUT2D eigenvalue weighted by molar-refractivity contribution is 0.310. The van der Waals surface area contributed by atoms with Gasteiger partial charge in [-0.3, -0.25) is 0 Å². The third kappa shape index (κ3) is 5.64. The number of methoxy groups -OCH3 is 1. The smallest absolute Gasteiger partial charge is 0.163 e. The number of hydrogen-bond donors (Lipinski definition) is 0. The minimum absolute atomic E-state index is 0.666. The Morgan fingerprint density at radius 3 is 2.06 bits per heavy atom. The molecule has 2 heteroatoms. The van der Waals surface area contributed by atoms with Crippen molar-refractivity contribution in [2.75, 3.05) is 13.7 Å². The van der Waals surface area contributed by atoms with Crippen LogP contribution in [0.5, 0.6) is 11.5 Å². The van der Waals surface area contributed by atoms with Crippen molar-refractivity contribution in [1.29, 1.82) is 0 Å². The van der Waals surface area contributed by atoms with Gasteiger partial charge in [-0.1, -0.05) is 39.8 Å². The SMILES string of the molecule is CC.CC.CCOc1cccc(C)c1OC. The van der Waals surface area contributed by atoms with Crippen LogP contribution in [-0.2, 0) is 0 Å². The van der Waals surface area contributed by atoms with Crippen LogP contribution in [-0.4, -0.2) is 13.7 Å². The van der Waals surface area contributed by atoms with Crippen molar-refractivity contribution in [1.82, 2.24) is 0 Å². The van der Waals surface area contributed by atoms with Crippen molar-refractivity contribution in [3.63, 3.8) is 0 Å². The standard InChI is InChI=1S/C10H14O2.2C2H6/c1-4-12-9-7-5-6-8(2)10(9)11-3;2*1-2/h5-7H,4H2,1-3H3;2*1-2H3. The molecule has 0 heterocycles. The van der Waals surface area contributed by atoms with Crippen LogP contribution in [0.4, 0.5) is 0 Å². The zero-order valence-corrected chi connectivity index (χ0v) is 11.8. The van der Waals surface area contributed by atoms with Crippen molar-refractivity contribution >= 4 is 0 Å². The summed E-state index contributed by atoms with van der Waals surface area (Å²) in [6.45, 7) is 12.6. The Bertz CT molecular complexity index is 257. The summed E-state index contributed by atoms with van der Waals surface area (Å²) in [6, 6.07) is 5.87. The minimum Gasteiger partial charge on any atom is -0.493 e. The summed E-state index contributed by atoms with van der Waals surface area (Å²) in [7, 11) is 1.66. The van der Waals surface area contributed by atoms with Crippen LogP contribution < -0.4 is 9.47 Å². The molecule has 0 aromatic heterocycles. The molecule has 0 N–H and O–H groups in total. The van der Waals surface area contributed by atoms with Gasteiger partial charge in [0.15, 0.2) is 11.5 Å². The second kappa shape index (κ2) is 11.9. The maximum Gasteiger partial charge on any atom is 0.163 e. The molecule has 16 heavy (non-hydrogen) atoms. The molecule has 1 aromatic carbocycles. The van der Waals surface area contributed by atoms with Crippen LogP contribution in [0.1, 0.15) is 40.2 Å². The lowest BCUT2D eigenvalue weighted by atomic mass is 10.2. The van der Waals surface area contributed by atoms with E-state index in [9.17, 15) is 0 Å². The monoisotopic (exact) mass is 226 g/mol. The average molecular weight is 226 g/mol. The maximum absolute atomic E-state index is 5.38. The van der Waals surface area contributed by atoms with E-state index in [1.54, 1.807) is 7.11 Å². The Balaban J connectivity index is 0. The molecule has 0 saturated heterocycles. The van der Waals surface area contributed by atoms with E-state index in [2.05, 4.69) is 0 Å². The molecule has 0 atom stereocenters. The molecular weight excluding hydrogens is 200 g/mol. The van der Waals surface area contributed by atoms with Gasteiger partial charge in [-0.05, 0) is 25.5 Å². The molecular formula is C14H26O2. The molecule has 0 fully saturated rings. The van der Waals surface area contributed by atoms with E-state index in [-0.39, 0.29) is 0 Å². The Morgan fingerprint density at radius 1 is 1.06 bits per heavy atom. The summed E-state index contributed by atoms with van der Waals surface area (Å²) in [4.78, 5) is 0. The fraction of sp³-hybridized carbons (Fsp3) is 0.571. The molecule has 0 saturated carbocycles. The van der Waals surface area contributed by atoms with Crippen LogP contribution >= 0.6 is 0 Å². The summed E-state index contributed by atoms with van der Waals surface area (Å²) in [5.41, 5.74) is 1.10. The highest BCUT2D eigenvalue weighted by Gasteiger charge is 2.04. The first-order chi connectivity index (χ1) is 7.79. The van der Waals surface area contributed by atoms with E-state index < -0.39 is 0 Å². The summed E-state index contributed by atoms with van der Waals surface area (Å²) >= 11 is 0. The Kier molecular flexibility index (Phi) is 12.8. The summed E-state index contributed by atoms with van der Waals surface area (Å²) in [5, 5.41) is 0. The topological polar surface area (TPSA) is 18.5 Å². The molecule has 1 aromatic rings. The van der Waals surface area contributed by atoms with E-state index >= 15 is 0 Å². The second-order valence-corrected chi connectivity index (χ2v) is 2.54. The molecule has 0 amide bonds. The van der Waals surface area contributed by atoms with Crippen molar-refractivity contribution in [3.8, 4) is 11.5 Å². The number of para-hydroxylation sites is 1. The van der Waals surface area contributed by atoms with Gasteiger partial charge in [0.25, 0.3) is 0 Å². The summed E-state index contributed by atoms with van der Waals surface area (Å²) in [6.07, 6.45) is 0. The lowest BCUT2D eigenvalue weighted by Gasteiger charge is -2.10. The zero-order chi connectivity index (χ0) is 13.0. The van der Waals surface area contributed by atoms with Crippen LogP contribution in [0, 0.1) is 6.92 Å². The first kappa shape index (κ1) is 17.2. The normalized spacial score (nSPS) is 7.94. The number of rotatable bonds is 3. The van der Waals surface area contributed by atoms with Crippen molar-refractivity contribution in [2.24, 2.45) is 0 Å². The van der Waals surface area contributed by atoms with E-state index in [1.165, 1.54) is 0 Å². The first-order valence-electron chi connectivity index (χ1n) is 6.06. The third-order valence-corrected chi connectivity index (χ3v) is 1.68. The fourth-order valence-corrected chi connectivity index (χ4v) is 1.16. The van der Waals surface area contributed by atoms with Crippen LogP contribution in [0.15, 0.2) is 18.2 Å². The van der Waals surface area contributed by atoms with E-state index in [4.69, 9.17) is 9.47 Å². The molecule has 0 aliphatic rings. The van der Waals surface area contributed by atoms with E-state index in [0.29, 0.717) is 6.61 Å². The first-order valence-corrected chi connectivity index (χ1v) is 6.06. The van der Waals surface area contributed by atoms with E-state index in [1.807, 2.05) is 59.7 Å². The van der Waals surface area contributed by atoms with Crippen molar-refractivity contribution < 1.29 is 9.47 Å². The largest absolute Gasteiger partial charge is 0.493 e. The highest BCUT2D eigenvalue weighted by Crippen LogP contribution is 2.29. The summed E-state index contributed by atoms with van der Waals surface area (Å²) in [5.74, 6) is 1.65. The molecule has 0 radical (unpaired) electrons. The summed E-state index contributed by atoms with van der Waals surface area (Å²) < 4.78 is 10.6. The van der Waals surface area contributed by atoms with Crippen LogP contribution in [0.2, 0.25) is 0 Å². The van der Waals surface area contributed by atoms with Crippen LogP contribution in [0.25, 0.3) is 0 Å². The molecule has 0 aliphatic carbocycles. The number of aryl methyl sites for hydroxylation is 1. The quantitative estimate of drug-likeness (QED) is 0.758.